The van der Waals surface area contributed by atoms with Crippen LogP contribution in [0.1, 0.15) is 12.0 Å². The van der Waals surface area contributed by atoms with E-state index in [0.29, 0.717) is 12.1 Å². The molecular weight excluding hydrogens is 174 g/mol. The molecule has 0 aliphatic carbocycles. The van der Waals surface area contributed by atoms with E-state index in [9.17, 15) is 0 Å². The van der Waals surface area contributed by atoms with Gasteiger partial charge in [0.1, 0.15) is 5.92 Å². The first-order valence-electron chi connectivity index (χ1n) is 4.40. The molecule has 0 amide bonds. The average Bonchev–Trinajstić information content (AvgIpc) is 2.19. The second-order valence-electron chi connectivity index (χ2n) is 3.09. The van der Waals surface area contributed by atoms with E-state index in [-0.39, 0.29) is 0 Å². The van der Waals surface area contributed by atoms with Crippen molar-refractivity contribution in [3.8, 4) is 12.1 Å². The van der Waals surface area contributed by atoms with Gasteiger partial charge in [0.15, 0.2) is 0 Å². The van der Waals surface area contributed by atoms with Crippen LogP contribution < -0.4 is 5.73 Å². The molecule has 0 aromatic heterocycles. The topological polar surface area (TPSA) is 73.6 Å². The van der Waals surface area contributed by atoms with Crippen LogP contribution in [-0.2, 0) is 6.42 Å². The Morgan fingerprint density at radius 2 is 2.00 bits per heavy atom. The maximum atomic E-state index is 8.56. The smallest absolute Gasteiger partial charge is 0.133 e. The first-order valence-corrected chi connectivity index (χ1v) is 4.40. The van der Waals surface area contributed by atoms with Crippen LogP contribution in [0.25, 0.3) is 0 Å². The minimum absolute atomic E-state index is 0.517. The van der Waals surface area contributed by atoms with Gasteiger partial charge in [0.05, 0.1) is 12.1 Å². The molecule has 0 bridgehead atoms. The van der Waals surface area contributed by atoms with E-state index in [4.69, 9.17) is 16.3 Å². The molecule has 0 aliphatic rings. The lowest BCUT2D eigenvalue weighted by Crippen LogP contribution is -1.96. The van der Waals surface area contributed by atoms with Crippen molar-refractivity contribution in [1.29, 1.82) is 10.5 Å². The lowest BCUT2D eigenvalue weighted by molar-refractivity contribution is 0.731. The predicted molar refractivity (Wildman–Crippen MR) is 53.9 cm³/mol. The summed E-state index contributed by atoms with van der Waals surface area (Å²) in [5.74, 6) is -0.517. The Labute approximate surface area is 83.4 Å². The highest BCUT2D eigenvalue weighted by molar-refractivity contribution is 5.40. The fraction of sp³-hybridized carbons (Fsp3) is 0.273. The molecule has 3 heteroatoms. The molecule has 0 heterocycles. The summed E-state index contributed by atoms with van der Waals surface area (Å²) in [6, 6.07) is 11.4. The third-order valence-electron chi connectivity index (χ3n) is 1.98. The van der Waals surface area contributed by atoms with Gasteiger partial charge in [-0.15, -0.1) is 0 Å². The summed E-state index contributed by atoms with van der Waals surface area (Å²) in [7, 11) is 0. The lowest BCUT2D eigenvalue weighted by Gasteiger charge is -2.02. The monoisotopic (exact) mass is 185 g/mol. The summed E-state index contributed by atoms with van der Waals surface area (Å²) >= 11 is 0. The van der Waals surface area contributed by atoms with Gasteiger partial charge in [-0.05, 0) is 30.5 Å². The van der Waals surface area contributed by atoms with Crippen molar-refractivity contribution in [3.05, 3.63) is 29.8 Å². The molecule has 1 rings (SSSR count). The van der Waals surface area contributed by atoms with Crippen LogP contribution >= 0.6 is 0 Å². The Bertz CT molecular complexity index is 370. The molecule has 3 nitrogen and oxygen atoms in total. The quantitative estimate of drug-likeness (QED) is 0.730. The number of nitrogen functional groups attached to an aromatic ring is 1. The third-order valence-corrected chi connectivity index (χ3v) is 1.98. The second kappa shape index (κ2) is 4.89. The van der Waals surface area contributed by atoms with Gasteiger partial charge in [-0.3, -0.25) is 0 Å². The van der Waals surface area contributed by atoms with Crippen LogP contribution in [0.2, 0.25) is 0 Å². The van der Waals surface area contributed by atoms with Gasteiger partial charge in [0, 0.05) is 5.69 Å². The van der Waals surface area contributed by atoms with Gasteiger partial charge in [0.2, 0.25) is 0 Å². The van der Waals surface area contributed by atoms with Crippen molar-refractivity contribution in [2.75, 3.05) is 5.73 Å². The first-order chi connectivity index (χ1) is 6.76. The lowest BCUT2D eigenvalue weighted by atomic mass is 10.0. The number of nitrogens with zero attached hydrogens (tertiary/aromatic N) is 2. The van der Waals surface area contributed by atoms with Crippen LogP contribution in [0.5, 0.6) is 0 Å². The molecule has 1 aromatic carbocycles. The van der Waals surface area contributed by atoms with Gasteiger partial charge < -0.3 is 5.73 Å². The number of nitrogens with two attached hydrogens (primary N) is 1. The van der Waals surface area contributed by atoms with E-state index < -0.39 is 5.92 Å². The van der Waals surface area contributed by atoms with Crippen molar-refractivity contribution >= 4 is 5.69 Å². The molecule has 0 saturated heterocycles. The van der Waals surface area contributed by atoms with E-state index in [1.165, 1.54) is 0 Å². The largest absolute Gasteiger partial charge is 0.399 e. The molecule has 14 heavy (non-hydrogen) atoms. The predicted octanol–water partition coefficient (Wildman–Crippen LogP) is 1.86. The van der Waals surface area contributed by atoms with Gasteiger partial charge >= 0.3 is 0 Å². The van der Waals surface area contributed by atoms with E-state index in [2.05, 4.69) is 0 Å². The highest BCUT2D eigenvalue weighted by Crippen LogP contribution is 2.11. The van der Waals surface area contributed by atoms with Crippen molar-refractivity contribution in [3.63, 3.8) is 0 Å². The number of benzene rings is 1. The van der Waals surface area contributed by atoms with Gasteiger partial charge in [-0.25, -0.2) is 0 Å². The maximum absolute atomic E-state index is 8.56. The van der Waals surface area contributed by atoms with Gasteiger partial charge in [-0.2, -0.15) is 10.5 Å². The third kappa shape index (κ3) is 2.80. The Hall–Kier alpha value is -2.00. The van der Waals surface area contributed by atoms with Crippen LogP contribution in [0, 0.1) is 28.6 Å². The Kier molecular flexibility index (Phi) is 3.52. The highest BCUT2D eigenvalue weighted by atomic mass is 14.5. The normalized spacial score (nSPS) is 9.36. The molecule has 0 unspecified atom stereocenters. The van der Waals surface area contributed by atoms with Crippen LogP contribution in [0.15, 0.2) is 24.3 Å². The zero-order valence-corrected chi connectivity index (χ0v) is 7.77. The number of hydrogen-bond donors (Lipinski definition) is 1. The molecule has 0 aliphatic heterocycles. The Balaban J connectivity index is 2.55. The van der Waals surface area contributed by atoms with E-state index in [0.717, 1.165) is 12.0 Å². The SMILES string of the molecule is N#CC(C#N)CCc1cccc(N)c1. The zero-order valence-electron chi connectivity index (χ0n) is 7.77. The van der Waals surface area contributed by atoms with Gasteiger partial charge in [0.25, 0.3) is 0 Å². The fourth-order valence-electron chi connectivity index (χ4n) is 1.22. The number of nitriles is 2. The standard InChI is InChI=1S/C11H11N3/c12-7-10(8-13)5-4-9-2-1-3-11(14)6-9/h1-3,6,10H,4-5,14H2. The highest BCUT2D eigenvalue weighted by Gasteiger charge is 2.05. The minimum atomic E-state index is -0.517. The summed E-state index contributed by atoms with van der Waals surface area (Å²) < 4.78 is 0. The van der Waals surface area contributed by atoms with E-state index in [1.54, 1.807) is 0 Å². The summed E-state index contributed by atoms with van der Waals surface area (Å²) in [6.45, 7) is 0. The number of hydrogen-bond acceptors (Lipinski definition) is 3. The Morgan fingerprint density at radius 1 is 1.29 bits per heavy atom. The van der Waals surface area contributed by atoms with Crippen LogP contribution in [0.4, 0.5) is 5.69 Å². The zero-order chi connectivity index (χ0) is 10.4. The minimum Gasteiger partial charge on any atom is -0.399 e. The maximum Gasteiger partial charge on any atom is 0.133 e. The molecule has 70 valence electrons. The molecule has 0 saturated carbocycles. The molecule has 0 atom stereocenters. The molecular formula is C11H11N3. The van der Waals surface area contributed by atoms with E-state index in [1.807, 2.05) is 36.4 Å². The number of anilines is 1. The molecule has 1 aromatic rings. The van der Waals surface area contributed by atoms with Crippen molar-refractivity contribution < 1.29 is 0 Å². The average molecular weight is 185 g/mol. The molecule has 0 radical (unpaired) electrons. The van der Waals surface area contributed by atoms with Gasteiger partial charge in [-0.1, -0.05) is 12.1 Å². The summed E-state index contributed by atoms with van der Waals surface area (Å²) in [6.07, 6.45) is 1.28. The summed E-state index contributed by atoms with van der Waals surface area (Å²) in [5, 5.41) is 17.1. The van der Waals surface area contributed by atoms with Crippen molar-refractivity contribution in [2.45, 2.75) is 12.8 Å². The fourth-order valence-corrected chi connectivity index (χ4v) is 1.22. The summed E-state index contributed by atoms with van der Waals surface area (Å²) in [5.41, 5.74) is 7.39. The summed E-state index contributed by atoms with van der Waals surface area (Å²) in [4.78, 5) is 0. The first kappa shape index (κ1) is 10.1. The molecule has 0 fully saturated rings. The van der Waals surface area contributed by atoms with Crippen molar-refractivity contribution in [1.82, 2.24) is 0 Å². The van der Waals surface area contributed by atoms with Crippen LogP contribution in [0.3, 0.4) is 0 Å². The number of aryl methyl sites for hydroxylation is 1. The molecule has 0 spiro atoms. The second-order valence-corrected chi connectivity index (χ2v) is 3.09. The van der Waals surface area contributed by atoms with Crippen molar-refractivity contribution in [2.24, 2.45) is 5.92 Å². The number of rotatable bonds is 3. The Morgan fingerprint density at radius 3 is 2.57 bits per heavy atom. The van der Waals surface area contributed by atoms with E-state index >= 15 is 0 Å². The van der Waals surface area contributed by atoms with Crippen LogP contribution in [-0.4, -0.2) is 0 Å². The molecule has 2 N–H and O–H groups in total.